The molecule has 0 aliphatic rings. The predicted molar refractivity (Wildman–Crippen MR) is 102 cm³/mol. The molecule has 0 aromatic heterocycles. The van der Waals surface area contributed by atoms with Crippen LogP contribution in [-0.2, 0) is 4.79 Å². The fourth-order valence-electron chi connectivity index (χ4n) is 2.93. The summed E-state index contributed by atoms with van der Waals surface area (Å²) in [5.74, 6) is 1.86. The van der Waals surface area contributed by atoms with Crippen molar-refractivity contribution >= 4 is 5.91 Å². The van der Waals surface area contributed by atoms with Crippen LogP contribution in [0.2, 0.25) is 0 Å². The van der Waals surface area contributed by atoms with Crippen molar-refractivity contribution in [1.29, 1.82) is 0 Å². The summed E-state index contributed by atoms with van der Waals surface area (Å²) in [6, 6.07) is 9.51. The van der Waals surface area contributed by atoms with Crippen LogP contribution in [0.25, 0.3) is 0 Å². The number of carbonyl (C=O) groups is 1. The van der Waals surface area contributed by atoms with Gasteiger partial charge in [-0.05, 0) is 62.6 Å². The lowest BCUT2D eigenvalue weighted by molar-refractivity contribution is -0.123. The highest BCUT2D eigenvalue weighted by Gasteiger charge is 2.16. The molecule has 0 aliphatic carbocycles. The maximum Gasteiger partial charge on any atom is 0.258 e. The van der Waals surface area contributed by atoms with Gasteiger partial charge in [0.05, 0.1) is 20.3 Å². The molecule has 5 heteroatoms. The monoisotopic (exact) mass is 357 g/mol. The summed E-state index contributed by atoms with van der Waals surface area (Å²) in [5.41, 5.74) is 4.17. The first-order valence-corrected chi connectivity index (χ1v) is 8.57. The highest BCUT2D eigenvalue weighted by atomic mass is 16.5. The summed E-state index contributed by atoms with van der Waals surface area (Å²) >= 11 is 0. The number of hydrogen-bond donors (Lipinski definition) is 1. The van der Waals surface area contributed by atoms with E-state index in [1.54, 1.807) is 14.2 Å². The smallest absolute Gasteiger partial charge is 0.258 e. The molecule has 1 atom stereocenters. The van der Waals surface area contributed by atoms with Gasteiger partial charge < -0.3 is 19.5 Å². The minimum absolute atomic E-state index is 0.0272. The van der Waals surface area contributed by atoms with Gasteiger partial charge in [0.1, 0.15) is 5.75 Å². The summed E-state index contributed by atoms with van der Waals surface area (Å²) in [5, 5.41) is 2.97. The molecule has 2 aromatic rings. The Hall–Kier alpha value is -2.69. The van der Waals surface area contributed by atoms with Crippen molar-refractivity contribution in [3.63, 3.8) is 0 Å². The van der Waals surface area contributed by atoms with Crippen LogP contribution in [0.1, 0.15) is 35.2 Å². The van der Waals surface area contributed by atoms with Crippen LogP contribution in [-0.4, -0.2) is 26.7 Å². The van der Waals surface area contributed by atoms with Gasteiger partial charge in [-0.15, -0.1) is 0 Å². The zero-order valence-electron chi connectivity index (χ0n) is 16.3. The minimum Gasteiger partial charge on any atom is -0.493 e. The molecule has 0 heterocycles. The Morgan fingerprint density at radius 2 is 1.62 bits per heavy atom. The fraction of sp³-hybridized carbons (Fsp3) is 0.381. The summed E-state index contributed by atoms with van der Waals surface area (Å²) in [6.07, 6.45) is 0. The van der Waals surface area contributed by atoms with Crippen LogP contribution in [0, 0.1) is 20.8 Å². The van der Waals surface area contributed by atoms with Crippen molar-refractivity contribution < 1.29 is 19.0 Å². The first kappa shape index (κ1) is 19.6. The summed E-state index contributed by atoms with van der Waals surface area (Å²) in [7, 11) is 3.20. The molecule has 0 fully saturated rings. The second-order valence-corrected chi connectivity index (χ2v) is 6.41. The molecule has 0 radical (unpaired) electrons. The Bertz CT molecular complexity index is 786. The molecule has 140 valence electrons. The number of methoxy groups -OCH3 is 2. The largest absolute Gasteiger partial charge is 0.493 e. The quantitative estimate of drug-likeness (QED) is 0.817. The number of amides is 1. The number of rotatable bonds is 7. The van der Waals surface area contributed by atoms with E-state index < -0.39 is 0 Å². The zero-order valence-corrected chi connectivity index (χ0v) is 16.3. The van der Waals surface area contributed by atoms with Crippen molar-refractivity contribution in [1.82, 2.24) is 5.32 Å². The first-order valence-electron chi connectivity index (χ1n) is 8.57. The van der Waals surface area contributed by atoms with Gasteiger partial charge in [0.15, 0.2) is 18.1 Å². The molecule has 2 aromatic carbocycles. The minimum atomic E-state index is -0.176. The van der Waals surface area contributed by atoms with Gasteiger partial charge in [0, 0.05) is 0 Å². The summed E-state index contributed by atoms with van der Waals surface area (Å²) in [6.45, 7) is 7.88. The van der Waals surface area contributed by atoms with Crippen molar-refractivity contribution in [2.24, 2.45) is 0 Å². The highest BCUT2D eigenvalue weighted by Crippen LogP contribution is 2.32. The summed E-state index contributed by atoms with van der Waals surface area (Å²) in [4.78, 5) is 12.3. The average molecular weight is 357 g/mol. The fourth-order valence-corrected chi connectivity index (χ4v) is 2.93. The molecule has 0 bridgehead atoms. The lowest BCUT2D eigenvalue weighted by Crippen LogP contribution is -2.31. The van der Waals surface area contributed by atoms with E-state index in [2.05, 4.69) is 5.32 Å². The zero-order chi connectivity index (χ0) is 19.3. The number of benzene rings is 2. The Kier molecular flexibility index (Phi) is 6.50. The molecule has 26 heavy (non-hydrogen) atoms. The SMILES string of the molecule is COc1cc(C)c(C(C)NC(=O)COc2ccc(C)cc2C)cc1OC. The molecule has 1 amide bonds. The second-order valence-electron chi connectivity index (χ2n) is 6.41. The lowest BCUT2D eigenvalue weighted by atomic mass is 10.0. The van der Waals surface area contributed by atoms with Gasteiger partial charge in [-0.3, -0.25) is 4.79 Å². The molecule has 0 saturated carbocycles. The second kappa shape index (κ2) is 8.61. The Balaban J connectivity index is 2.02. The van der Waals surface area contributed by atoms with Crippen molar-refractivity contribution in [2.45, 2.75) is 33.7 Å². The summed E-state index contributed by atoms with van der Waals surface area (Å²) < 4.78 is 16.3. The van der Waals surface area contributed by atoms with Crippen LogP contribution < -0.4 is 19.5 Å². The average Bonchev–Trinajstić information content (AvgIpc) is 2.60. The van der Waals surface area contributed by atoms with Gasteiger partial charge >= 0.3 is 0 Å². The van der Waals surface area contributed by atoms with Gasteiger partial charge in [0.2, 0.25) is 0 Å². The van der Waals surface area contributed by atoms with E-state index in [-0.39, 0.29) is 18.6 Å². The third-order valence-corrected chi connectivity index (χ3v) is 4.31. The van der Waals surface area contributed by atoms with Gasteiger partial charge in [-0.25, -0.2) is 0 Å². The Labute approximate surface area is 155 Å². The van der Waals surface area contributed by atoms with E-state index in [0.717, 1.165) is 28.0 Å². The van der Waals surface area contributed by atoms with Crippen LogP contribution in [0.3, 0.4) is 0 Å². The van der Waals surface area contributed by atoms with Crippen LogP contribution in [0.5, 0.6) is 17.2 Å². The number of carbonyl (C=O) groups excluding carboxylic acids is 1. The van der Waals surface area contributed by atoms with Gasteiger partial charge in [-0.2, -0.15) is 0 Å². The van der Waals surface area contributed by atoms with Gasteiger partial charge in [-0.1, -0.05) is 17.7 Å². The third-order valence-electron chi connectivity index (χ3n) is 4.31. The van der Waals surface area contributed by atoms with E-state index in [9.17, 15) is 4.79 Å². The standard InChI is InChI=1S/C21H27NO4/c1-13-7-8-18(15(3)9-13)26-12-21(23)22-16(4)17-11-20(25-6)19(24-5)10-14(17)2/h7-11,16H,12H2,1-6H3,(H,22,23). The molecule has 0 saturated heterocycles. The van der Waals surface area contributed by atoms with E-state index >= 15 is 0 Å². The molecule has 5 nitrogen and oxygen atoms in total. The molecule has 1 unspecified atom stereocenters. The van der Waals surface area contributed by atoms with Gasteiger partial charge in [0.25, 0.3) is 5.91 Å². The number of nitrogens with one attached hydrogen (secondary N) is 1. The Morgan fingerprint density at radius 1 is 0.962 bits per heavy atom. The van der Waals surface area contributed by atoms with Crippen LogP contribution >= 0.6 is 0 Å². The predicted octanol–water partition coefficient (Wildman–Crippen LogP) is 3.89. The molecule has 2 rings (SSSR count). The topological polar surface area (TPSA) is 56.8 Å². The lowest BCUT2D eigenvalue weighted by Gasteiger charge is -2.19. The van der Waals surface area contributed by atoms with E-state index in [1.807, 2.05) is 58.0 Å². The van der Waals surface area contributed by atoms with Crippen LogP contribution in [0.4, 0.5) is 0 Å². The maximum absolute atomic E-state index is 12.3. The van der Waals surface area contributed by atoms with E-state index in [1.165, 1.54) is 0 Å². The molecular formula is C21H27NO4. The maximum atomic E-state index is 12.3. The molecule has 0 aliphatic heterocycles. The molecule has 1 N–H and O–H groups in total. The Morgan fingerprint density at radius 3 is 2.23 bits per heavy atom. The highest BCUT2D eigenvalue weighted by molar-refractivity contribution is 5.78. The normalized spacial score (nSPS) is 11.6. The van der Waals surface area contributed by atoms with Crippen LogP contribution in [0.15, 0.2) is 30.3 Å². The van der Waals surface area contributed by atoms with E-state index in [0.29, 0.717) is 11.5 Å². The number of aryl methyl sites for hydroxylation is 3. The van der Waals surface area contributed by atoms with Crippen molar-refractivity contribution in [3.8, 4) is 17.2 Å². The third kappa shape index (κ3) is 4.69. The number of hydrogen-bond acceptors (Lipinski definition) is 4. The van der Waals surface area contributed by atoms with E-state index in [4.69, 9.17) is 14.2 Å². The molecular weight excluding hydrogens is 330 g/mol. The first-order chi connectivity index (χ1) is 12.3. The molecule has 0 spiro atoms. The van der Waals surface area contributed by atoms with Crippen molar-refractivity contribution in [3.05, 3.63) is 52.6 Å². The van der Waals surface area contributed by atoms with Crippen molar-refractivity contribution in [2.75, 3.05) is 20.8 Å². The number of ether oxygens (including phenoxy) is 3.